The van der Waals surface area contributed by atoms with Gasteiger partial charge in [0.25, 0.3) is 0 Å². The SMILES string of the molecule is C=CCCCCCN(C)C(=NC)NCc1cccc(C#N)c1.I. The van der Waals surface area contributed by atoms with Gasteiger partial charge in [0.05, 0.1) is 11.6 Å². The molecule has 0 radical (unpaired) electrons. The summed E-state index contributed by atoms with van der Waals surface area (Å²) in [6, 6.07) is 9.79. The Morgan fingerprint density at radius 1 is 1.39 bits per heavy atom. The van der Waals surface area contributed by atoms with Gasteiger partial charge in [-0.25, -0.2) is 0 Å². The van der Waals surface area contributed by atoms with Crippen LogP contribution in [0.15, 0.2) is 41.9 Å². The van der Waals surface area contributed by atoms with Gasteiger partial charge in [0.2, 0.25) is 0 Å². The molecule has 0 fully saturated rings. The molecule has 1 rings (SSSR count). The fourth-order valence-electron chi connectivity index (χ4n) is 2.24. The first-order valence-corrected chi connectivity index (χ1v) is 7.73. The van der Waals surface area contributed by atoms with E-state index in [1.807, 2.05) is 30.3 Å². The molecule has 0 aliphatic heterocycles. The summed E-state index contributed by atoms with van der Waals surface area (Å²) in [4.78, 5) is 6.45. The Bertz CT molecular complexity index is 534. The molecule has 0 amide bonds. The largest absolute Gasteiger partial charge is 0.352 e. The Morgan fingerprint density at radius 3 is 2.83 bits per heavy atom. The van der Waals surface area contributed by atoms with E-state index in [4.69, 9.17) is 5.26 Å². The molecule has 1 N–H and O–H groups in total. The fraction of sp³-hybridized carbons (Fsp3) is 0.444. The van der Waals surface area contributed by atoms with Crippen LogP contribution in [0.5, 0.6) is 0 Å². The number of nitrogens with one attached hydrogen (secondary N) is 1. The van der Waals surface area contributed by atoms with Crippen molar-refractivity contribution in [2.24, 2.45) is 4.99 Å². The van der Waals surface area contributed by atoms with Crippen LogP contribution in [0.4, 0.5) is 0 Å². The van der Waals surface area contributed by atoms with E-state index in [0.29, 0.717) is 12.1 Å². The lowest BCUT2D eigenvalue weighted by atomic mass is 10.1. The number of hydrogen-bond donors (Lipinski definition) is 1. The molecule has 0 aliphatic rings. The van der Waals surface area contributed by atoms with E-state index < -0.39 is 0 Å². The minimum absolute atomic E-state index is 0. The quantitative estimate of drug-likeness (QED) is 0.225. The molecule has 0 saturated heterocycles. The number of nitrogens with zero attached hydrogens (tertiary/aromatic N) is 3. The summed E-state index contributed by atoms with van der Waals surface area (Å²) < 4.78 is 0. The number of allylic oxidation sites excluding steroid dienone is 1. The smallest absolute Gasteiger partial charge is 0.193 e. The van der Waals surface area contributed by atoms with Gasteiger partial charge in [0, 0.05) is 27.2 Å². The van der Waals surface area contributed by atoms with Gasteiger partial charge in [-0.15, -0.1) is 30.6 Å². The third-order valence-electron chi connectivity index (χ3n) is 3.48. The first-order chi connectivity index (χ1) is 10.7. The third-order valence-corrected chi connectivity index (χ3v) is 3.48. The molecule has 23 heavy (non-hydrogen) atoms. The van der Waals surface area contributed by atoms with E-state index in [0.717, 1.165) is 30.9 Å². The summed E-state index contributed by atoms with van der Waals surface area (Å²) in [7, 11) is 3.84. The van der Waals surface area contributed by atoms with E-state index in [2.05, 4.69) is 34.9 Å². The summed E-state index contributed by atoms with van der Waals surface area (Å²) in [5, 5.41) is 12.3. The molecule has 0 unspecified atom stereocenters. The van der Waals surface area contributed by atoms with Crippen LogP contribution in [-0.2, 0) is 6.54 Å². The van der Waals surface area contributed by atoms with Crippen LogP contribution in [0, 0.1) is 11.3 Å². The zero-order valence-electron chi connectivity index (χ0n) is 14.1. The zero-order valence-corrected chi connectivity index (χ0v) is 16.4. The summed E-state index contributed by atoms with van der Waals surface area (Å²) in [6.45, 7) is 5.39. The van der Waals surface area contributed by atoms with E-state index >= 15 is 0 Å². The standard InChI is InChI=1S/C18H26N4.HI/c1-4-5-6-7-8-12-22(3)18(20-2)21-15-17-11-9-10-16(13-17)14-19;/h4,9-11,13H,1,5-8,12,15H2,2-3H3,(H,20,21);1H. The van der Waals surface area contributed by atoms with Crippen molar-refractivity contribution < 1.29 is 0 Å². The Kier molecular flexibility index (Phi) is 12.1. The highest BCUT2D eigenvalue weighted by Gasteiger charge is 2.05. The highest BCUT2D eigenvalue weighted by atomic mass is 127. The predicted octanol–water partition coefficient (Wildman–Crippen LogP) is 3.93. The Labute approximate surface area is 157 Å². The van der Waals surface area contributed by atoms with Crippen molar-refractivity contribution in [1.82, 2.24) is 10.2 Å². The Hall–Kier alpha value is -1.55. The van der Waals surface area contributed by atoms with Gasteiger partial charge in [0.1, 0.15) is 0 Å². The molecule has 1 aromatic carbocycles. The molecule has 5 heteroatoms. The lowest BCUT2D eigenvalue weighted by Gasteiger charge is -2.22. The van der Waals surface area contributed by atoms with Gasteiger partial charge in [-0.1, -0.05) is 24.6 Å². The number of rotatable bonds is 8. The summed E-state index contributed by atoms with van der Waals surface area (Å²) in [5.74, 6) is 0.881. The molecule has 4 nitrogen and oxygen atoms in total. The molecule has 1 aromatic rings. The molecule has 0 heterocycles. The maximum atomic E-state index is 8.92. The van der Waals surface area contributed by atoms with E-state index in [-0.39, 0.29) is 24.0 Å². The fourth-order valence-corrected chi connectivity index (χ4v) is 2.24. The van der Waals surface area contributed by atoms with Gasteiger partial charge in [0.15, 0.2) is 5.96 Å². The van der Waals surface area contributed by atoms with Crippen LogP contribution >= 0.6 is 24.0 Å². The number of benzene rings is 1. The average molecular weight is 426 g/mol. The summed E-state index contributed by atoms with van der Waals surface area (Å²) in [6.07, 6.45) is 6.61. The number of hydrogen-bond acceptors (Lipinski definition) is 2. The van der Waals surface area contributed by atoms with Crippen molar-refractivity contribution in [2.45, 2.75) is 32.2 Å². The minimum atomic E-state index is 0. The third kappa shape index (κ3) is 8.60. The maximum absolute atomic E-state index is 8.92. The second-order valence-electron chi connectivity index (χ2n) is 5.27. The topological polar surface area (TPSA) is 51.4 Å². The van der Waals surface area contributed by atoms with Crippen molar-refractivity contribution in [2.75, 3.05) is 20.6 Å². The van der Waals surface area contributed by atoms with Gasteiger partial charge in [-0.3, -0.25) is 4.99 Å². The normalized spacial score (nSPS) is 10.4. The first-order valence-electron chi connectivity index (χ1n) is 7.73. The lowest BCUT2D eigenvalue weighted by molar-refractivity contribution is 0.455. The minimum Gasteiger partial charge on any atom is -0.352 e. The van der Waals surface area contributed by atoms with Gasteiger partial charge >= 0.3 is 0 Å². The Balaban J connectivity index is 0.00000484. The molecule has 0 spiro atoms. The number of halogens is 1. The summed E-state index contributed by atoms with van der Waals surface area (Å²) in [5.41, 5.74) is 1.77. The molecule has 0 atom stereocenters. The van der Waals surface area contributed by atoms with Crippen molar-refractivity contribution >= 4 is 29.9 Å². The van der Waals surface area contributed by atoms with Crippen molar-refractivity contribution in [3.63, 3.8) is 0 Å². The second kappa shape index (κ2) is 12.9. The van der Waals surface area contributed by atoms with Crippen molar-refractivity contribution in [3.8, 4) is 6.07 Å². The monoisotopic (exact) mass is 426 g/mol. The van der Waals surface area contributed by atoms with Crippen LogP contribution in [0.3, 0.4) is 0 Å². The Morgan fingerprint density at radius 2 is 2.17 bits per heavy atom. The number of nitriles is 1. The number of unbranched alkanes of at least 4 members (excludes halogenated alkanes) is 3. The van der Waals surface area contributed by atoms with Crippen LogP contribution < -0.4 is 5.32 Å². The van der Waals surface area contributed by atoms with Crippen LogP contribution in [0.25, 0.3) is 0 Å². The molecule has 126 valence electrons. The van der Waals surface area contributed by atoms with E-state index in [9.17, 15) is 0 Å². The molecule has 0 aliphatic carbocycles. The second-order valence-corrected chi connectivity index (χ2v) is 5.27. The lowest BCUT2D eigenvalue weighted by Crippen LogP contribution is -2.39. The van der Waals surface area contributed by atoms with E-state index in [1.54, 1.807) is 7.05 Å². The van der Waals surface area contributed by atoms with Crippen LogP contribution in [0.1, 0.15) is 36.8 Å². The maximum Gasteiger partial charge on any atom is 0.193 e. The molecule has 0 saturated carbocycles. The highest BCUT2D eigenvalue weighted by molar-refractivity contribution is 14.0. The highest BCUT2D eigenvalue weighted by Crippen LogP contribution is 2.05. The van der Waals surface area contributed by atoms with Gasteiger partial charge in [-0.2, -0.15) is 5.26 Å². The van der Waals surface area contributed by atoms with Crippen LogP contribution in [-0.4, -0.2) is 31.5 Å². The first kappa shape index (κ1) is 21.4. The number of guanidine groups is 1. The summed E-state index contributed by atoms with van der Waals surface area (Å²) >= 11 is 0. The predicted molar refractivity (Wildman–Crippen MR) is 108 cm³/mol. The molecule has 0 aromatic heterocycles. The average Bonchev–Trinajstić information content (AvgIpc) is 2.55. The van der Waals surface area contributed by atoms with Gasteiger partial charge < -0.3 is 10.2 Å². The van der Waals surface area contributed by atoms with Crippen molar-refractivity contribution in [3.05, 3.63) is 48.0 Å². The molecule has 0 bridgehead atoms. The zero-order chi connectivity index (χ0) is 16.2. The molecular weight excluding hydrogens is 399 g/mol. The van der Waals surface area contributed by atoms with Crippen molar-refractivity contribution in [1.29, 1.82) is 5.26 Å². The van der Waals surface area contributed by atoms with Crippen LogP contribution in [0.2, 0.25) is 0 Å². The van der Waals surface area contributed by atoms with E-state index in [1.165, 1.54) is 12.8 Å². The molecular formula is C18H27IN4. The van der Waals surface area contributed by atoms with Gasteiger partial charge in [-0.05, 0) is 37.0 Å². The number of aliphatic imine (C=N–C) groups is 1.